The molecule has 3 N–H and O–H groups in total. The Balaban J connectivity index is 5.40. The summed E-state index contributed by atoms with van der Waals surface area (Å²) in [6.45, 7) is 4.49. The molecule has 0 aliphatic carbocycles. The smallest absolute Gasteiger partial charge is 0.462 e. The number of rotatable bonds is 74. The van der Waals surface area contributed by atoms with Gasteiger partial charge in [-0.05, 0) is 128 Å². The molecule has 0 amide bonds. The van der Waals surface area contributed by atoms with Crippen molar-refractivity contribution in [3.05, 3.63) is 122 Å². The monoisotopic (exact) mass is 1470 g/mol. The predicted molar refractivity (Wildman–Crippen MR) is 418 cm³/mol. The summed E-state index contributed by atoms with van der Waals surface area (Å²) in [5.41, 5.74) is 0. The summed E-state index contributed by atoms with van der Waals surface area (Å²) in [4.78, 5) is 73.0. The molecular formula is C83H142O17P2. The maximum absolute atomic E-state index is 13.1. The van der Waals surface area contributed by atoms with Crippen LogP contribution in [-0.4, -0.2) is 96.7 Å². The molecule has 0 bridgehead atoms. The van der Waals surface area contributed by atoms with Gasteiger partial charge in [0.1, 0.15) is 19.3 Å². The van der Waals surface area contributed by atoms with Crippen molar-refractivity contribution in [1.29, 1.82) is 0 Å². The average Bonchev–Trinajstić information content (AvgIpc) is 0.926. The molecule has 0 aromatic heterocycles. The highest BCUT2D eigenvalue weighted by Gasteiger charge is 2.30. The van der Waals surface area contributed by atoms with Crippen LogP contribution >= 0.6 is 15.6 Å². The molecule has 0 aromatic carbocycles. The van der Waals surface area contributed by atoms with Crippen LogP contribution < -0.4 is 0 Å². The van der Waals surface area contributed by atoms with Crippen LogP contribution in [0.1, 0.15) is 323 Å². The van der Waals surface area contributed by atoms with E-state index in [4.69, 9.17) is 37.0 Å². The molecule has 5 unspecified atom stereocenters. The number of aliphatic hydroxyl groups is 1. The summed E-state index contributed by atoms with van der Waals surface area (Å²) < 4.78 is 68.6. The van der Waals surface area contributed by atoms with Crippen molar-refractivity contribution in [1.82, 2.24) is 0 Å². The fourth-order valence-corrected chi connectivity index (χ4v) is 12.1. The van der Waals surface area contributed by atoms with E-state index in [0.717, 1.165) is 180 Å². The summed E-state index contributed by atoms with van der Waals surface area (Å²) >= 11 is 0. The Hall–Kier alpha value is -4.54. The van der Waals surface area contributed by atoms with Gasteiger partial charge in [0, 0.05) is 25.7 Å². The third kappa shape index (κ3) is 73.8. The molecule has 17 nitrogen and oxygen atoms in total. The Morgan fingerprint density at radius 1 is 0.284 bits per heavy atom. The lowest BCUT2D eigenvalue weighted by Crippen LogP contribution is -2.30. The maximum atomic E-state index is 13.1. The standard InChI is InChI=1S/C83H142O17P2/c1-5-9-13-17-21-25-29-33-37-38-42-44-48-52-56-60-64-68-81(86)94-74-79(100-83(88)70-66-62-58-54-50-46-41-36-32-28-24-20-16-12-8-4)76-98-102(91,92)96-72-77(84)71-95-101(89,90)97-75-78(99-82(87)69-65-61-57-53-49-45-40-35-31-27-23-19-15-11-7-3)73-93-80(85)67-63-59-55-51-47-43-39-34-30-26-22-18-14-10-6-2/h9-11,13-15,21-23,25-27,33-35,37,39-40,47,51,77-79,84H,5-8,12,16-20,24,28-32,36,38,41-46,48-50,52-76H2,1-4H3,(H,89,90)(H,91,92)/b13-9-,14-10-,15-11-,25-21-,26-22-,27-23-,37-33-,39-34-,40-35-,51-47-. The van der Waals surface area contributed by atoms with Crippen LogP contribution in [-0.2, 0) is 65.4 Å². The molecule has 586 valence electrons. The molecule has 0 radical (unpaired) electrons. The number of aliphatic hydroxyl groups excluding tert-OH is 1. The van der Waals surface area contributed by atoms with Crippen molar-refractivity contribution in [3.63, 3.8) is 0 Å². The molecular weight excluding hydrogens is 1330 g/mol. The summed E-state index contributed by atoms with van der Waals surface area (Å²) in [5.74, 6) is -2.24. The second-order valence-electron chi connectivity index (χ2n) is 26.2. The van der Waals surface area contributed by atoms with Gasteiger partial charge in [0.15, 0.2) is 12.2 Å². The summed E-state index contributed by atoms with van der Waals surface area (Å²) in [7, 11) is -9.97. The van der Waals surface area contributed by atoms with Crippen molar-refractivity contribution >= 4 is 39.5 Å². The highest BCUT2D eigenvalue weighted by atomic mass is 31.2. The minimum absolute atomic E-state index is 0.0644. The predicted octanol–water partition coefficient (Wildman–Crippen LogP) is 23.1. The van der Waals surface area contributed by atoms with Crippen molar-refractivity contribution in [3.8, 4) is 0 Å². The van der Waals surface area contributed by atoms with Crippen LogP contribution in [0.5, 0.6) is 0 Å². The summed E-state index contributed by atoms with van der Waals surface area (Å²) in [6, 6.07) is 0. The van der Waals surface area contributed by atoms with Gasteiger partial charge in [0.05, 0.1) is 26.4 Å². The van der Waals surface area contributed by atoms with Gasteiger partial charge in [-0.2, -0.15) is 0 Å². The largest absolute Gasteiger partial charge is 0.472 e. The molecule has 0 spiro atoms. The lowest BCUT2D eigenvalue weighted by Gasteiger charge is -2.21. The Labute approximate surface area is 619 Å². The lowest BCUT2D eigenvalue weighted by atomic mass is 10.0. The zero-order valence-electron chi connectivity index (χ0n) is 64.0. The number of hydrogen-bond donors (Lipinski definition) is 3. The van der Waals surface area contributed by atoms with Gasteiger partial charge in [-0.25, -0.2) is 9.13 Å². The number of carbonyl (C=O) groups is 4. The fraction of sp³-hybridized carbons (Fsp3) is 0.711. The van der Waals surface area contributed by atoms with E-state index in [0.29, 0.717) is 25.7 Å². The summed E-state index contributed by atoms with van der Waals surface area (Å²) in [6.07, 6.45) is 81.8. The van der Waals surface area contributed by atoms with Crippen LogP contribution in [0.25, 0.3) is 0 Å². The number of carbonyl (C=O) groups excluding carboxylic acids is 4. The minimum Gasteiger partial charge on any atom is -0.462 e. The highest BCUT2D eigenvalue weighted by Crippen LogP contribution is 2.45. The van der Waals surface area contributed by atoms with Gasteiger partial charge in [-0.3, -0.25) is 37.3 Å². The maximum Gasteiger partial charge on any atom is 0.472 e. The molecule has 0 fully saturated rings. The fourth-order valence-electron chi connectivity index (χ4n) is 10.5. The number of unbranched alkanes of at least 4 members (excludes halogenated alkanes) is 28. The van der Waals surface area contributed by atoms with E-state index >= 15 is 0 Å². The Morgan fingerprint density at radius 2 is 0.510 bits per heavy atom. The van der Waals surface area contributed by atoms with Gasteiger partial charge in [0.25, 0.3) is 0 Å². The van der Waals surface area contributed by atoms with E-state index in [9.17, 15) is 43.2 Å². The Morgan fingerprint density at radius 3 is 0.804 bits per heavy atom. The minimum atomic E-state index is -4.99. The molecule has 5 atom stereocenters. The topological polar surface area (TPSA) is 237 Å². The van der Waals surface area contributed by atoms with E-state index < -0.39 is 97.5 Å². The first-order valence-corrected chi connectivity index (χ1v) is 42.8. The molecule has 102 heavy (non-hydrogen) atoms. The first kappa shape index (κ1) is 97.5. The van der Waals surface area contributed by atoms with Gasteiger partial charge < -0.3 is 33.8 Å². The van der Waals surface area contributed by atoms with Crippen molar-refractivity contribution in [2.75, 3.05) is 39.6 Å². The molecule has 0 aromatic rings. The summed E-state index contributed by atoms with van der Waals surface area (Å²) in [5, 5.41) is 10.6. The average molecular weight is 1470 g/mol. The number of esters is 4. The van der Waals surface area contributed by atoms with Crippen LogP contribution in [0.15, 0.2) is 122 Å². The van der Waals surface area contributed by atoms with E-state index in [1.54, 1.807) is 0 Å². The Kier molecular flexibility index (Phi) is 71.4. The van der Waals surface area contributed by atoms with Gasteiger partial charge >= 0.3 is 39.5 Å². The zero-order chi connectivity index (χ0) is 74.6. The molecule has 0 rings (SSSR count). The first-order chi connectivity index (χ1) is 49.7. The normalized spacial score (nSPS) is 14.5. The van der Waals surface area contributed by atoms with Crippen molar-refractivity contribution < 1.29 is 80.2 Å². The van der Waals surface area contributed by atoms with E-state index in [1.807, 2.05) is 0 Å². The second-order valence-corrected chi connectivity index (χ2v) is 29.1. The van der Waals surface area contributed by atoms with E-state index in [2.05, 4.69) is 149 Å². The quantitative estimate of drug-likeness (QED) is 0.0169. The lowest BCUT2D eigenvalue weighted by molar-refractivity contribution is -0.161. The molecule has 0 heterocycles. The van der Waals surface area contributed by atoms with Crippen LogP contribution in [0.2, 0.25) is 0 Å². The van der Waals surface area contributed by atoms with Crippen molar-refractivity contribution in [2.45, 2.75) is 341 Å². The third-order valence-corrected chi connectivity index (χ3v) is 18.3. The molecule has 0 aliphatic heterocycles. The molecule has 0 saturated heterocycles. The second kappa shape index (κ2) is 74.7. The Bertz CT molecular complexity index is 2410. The number of phosphoric acid groups is 2. The number of hydrogen-bond acceptors (Lipinski definition) is 15. The van der Waals surface area contributed by atoms with Crippen molar-refractivity contribution in [2.24, 2.45) is 0 Å². The van der Waals surface area contributed by atoms with E-state index in [-0.39, 0.29) is 25.7 Å². The molecule has 0 saturated carbocycles. The third-order valence-electron chi connectivity index (χ3n) is 16.4. The SMILES string of the molecule is CC/C=C\C/C=C\C/C=C\C/C=C\CCCCC(=O)OCC(COP(=O)(O)OCC(O)COP(=O)(O)OCC(COC(=O)CCCCCCCCC/C=C\C/C=C\C/C=C\CC)OC(=O)CCCCCCCCCCCCCCCCC)OC(=O)CCCCCCC/C=C\C/C=C\C/C=C\CC. The number of allylic oxidation sites excluding steroid dienone is 20. The van der Waals surface area contributed by atoms with Gasteiger partial charge in [0.2, 0.25) is 0 Å². The van der Waals surface area contributed by atoms with Crippen LogP contribution in [0.3, 0.4) is 0 Å². The van der Waals surface area contributed by atoms with Crippen LogP contribution in [0, 0.1) is 0 Å². The number of ether oxygens (including phenoxy) is 4. The first-order valence-electron chi connectivity index (χ1n) is 39.8. The zero-order valence-corrected chi connectivity index (χ0v) is 65.8. The van der Waals surface area contributed by atoms with Gasteiger partial charge in [-0.1, -0.05) is 290 Å². The molecule has 19 heteroatoms. The van der Waals surface area contributed by atoms with Gasteiger partial charge in [-0.15, -0.1) is 0 Å². The van der Waals surface area contributed by atoms with E-state index in [1.165, 1.54) is 64.2 Å². The van der Waals surface area contributed by atoms with Crippen LogP contribution in [0.4, 0.5) is 0 Å². The molecule has 0 aliphatic rings. The number of phosphoric ester groups is 2. The highest BCUT2D eigenvalue weighted by molar-refractivity contribution is 7.47.